The van der Waals surface area contributed by atoms with Crippen molar-refractivity contribution in [2.24, 2.45) is 5.41 Å². The van der Waals surface area contributed by atoms with Crippen molar-refractivity contribution >= 4 is 18.0 Å². The van der Waals surface area contributed by atoms with Gasteiger partial charge in [0, 0.05) is 11.6 Å². The van der Waals surface area contributed by atoms with Crippen molar-refractivity contribution in [3.63, 3.8) is 0 Å². The average molecular weight is 553 g/mol. The summed E-state index contributed by atoms with van der Waals surface area (Å²) in [7, 11) is 2.74. The third-order valence-corrected chi connectivity index (χ3v) is 6.89. The maximum Gasteiger partial charge on any atom is 0.332 e. The Morgan fingerprint density at radius 1 is 1.08 bits per heavy atom. The van der Waals surface area contributed by atoms with E-state index in [-0.39, 0.29) is 23.7 Å². The molecule has 5 N–H and O–H groups in total. The molecule has 1 heterocycles. The van der Waals surface area contributed by atoms with Gasteiger partial charge in [-0.05, 0) is 49.0 Å². The van der Waals surface area contributed by atoms with E-state index in [1.54, 1.807) is 20.8 Å². The van der Waals surface area contributed by atoms with E-state index in [4.69, 9.17) is 23.7 Å². The summed E-state index contributed by atoms with van der Waals surface area (Å²) in [6.45, 7) is 4.82. The molecule has 12 nitrogen and oxygen atoms in total. The lowest BCUT2D eigenvalue weighted by atomic mass is 9.71. The van der Waals surface area contributed by atoms with Crippen molar-refractivity contribution in [1.29, 1.82) is 0 Å². The van der Waals surface area contributed by atoms with Crippen LogP contribution in [0.25, 0.3) is 6.08 Å². The highest BCUT2D eigenvalue weighted by atomic mass is 16.7. The van der Waals surface area contributed by atoms with Crippen LogP contribution in [0.1, 0.15) is 39.2 Å². The first-order valence-corrected chi connectivity index (χ1v) is 12.4. The molecule has 0 unspecified atom stereocenters. The number of phenols is 1. The number of hydrogen-bond donors (Lipinski definition) is 5. The van der Waals surface area contributed by atoms with Crippen molar-refractivity contribution in [3.8, 4) is 17.2 Å². The Kier molecular flexibility index (Phi) is 9.62. The largest absolute Gasteiger partial charge is 0.502 e. The molecule has 2 aliphatic rings. The van der Waals surface area contributed by atoms with Crippen LogP contribution in [0, 0.1) is 5.41 Å². The number of aromatic hydroxyl groups is 1. The van der Waals surface area contributed by atoms with Gasteiger partial charge >= 0.3 is 11.9 Å². The predicted octanol–water partition coefficient (Wildman–Crippen LogP) is 1.38. The molecule has 1 aromatic carbocycles. The maximum atomic E-state index is 12.3. The molecular weight excluding hydrogens is 516 g/mol. The second kappa shape index (κ2) is 12.3. The highest BCUT2D eigenvalue weighted by molar-refractivity contribution is 5.89. The fraction of sp³-hybridized carbons (Fsp3) is 0.556. The van der Waals surface area contributed by atoms with Crippen molar-refractivity contribution < 1.29 is 58.8 Å². The van der Waals surface area contributed by atoms with Gasteiger partial charge in [0.05, 0.1) is 20.3 Å². The summed E-state index contributed by atoms with van der Waals surface area (Å²) < 4.78 is 26.9. The van der Waals surface area contributed by atoms with Crippen LogP contribution >= 0.6 is 0 Å². The van der Waals surface area contributed by atoms with Crippen molar-refractivity contribution in [2.45, 2.75) is 70.4 Å². The van der Waals surface area contributed by atoms with Gasteiger partial charge in [0.1, 0.15) is 31.0 Å². The Balaban J connectivity index is 1.64. The fourth-order valence-corrected chi connectivity index (χ4v) is 5.08. The zero-order chi connectivity index (χ0) is 29.1. The van der Waals surface area contributed by atoms with Gasteiger partial charge in [-0.3, -0.25) is 0 Å². The van der Waals surface area contributed by atoms with Gasteiger partial charge in [-0.15, -0.1) is 0 Å². The zero-order valence-corrected chi connectivity index (χ0v) is 22.5. The van der Waals surface area contributed by atoms with Gasteiger partial charge in [-0.1, -0.05) is 19.4 Å². The van der Waals surface area contributed by atoms with Crippen LogP contribution in [0.5, 0.6) is 17.2 Å². The van der Waals surface area contributed by atoms with Crippen LogP contribution in [-0.2, 0) is 23.8 Å². The minimum atomic E-state index is -1.64. The molecule has 1 fully saturated rings. The number of rotatable bonds is 9. The van der Waals surface area contributed by atoms with E-state index in [0.29, 0.717) is 23.1 Å². The van der Waals surface area contributed by atoms with Crippen LogP contribution in [0.15, 0.2) is 29.4 Å². The summed E-state index contributed by atoms with van der Waals surface area (Å²) in [5, 5.41) is 50.8. The molecular formula is C27H36O12. The van der Waals surface area contributed by atoms with Crippen molar-refractivity contribution in [2.75, 3.05) is 20.8 Å². The first-order valence-electron chi connectivity index (χ1n) is 12.4. The molecule has 1 aliphatic heterocycles. The number of carbonyl (C=O) groups excluding carboxylic acids is 1. The number of benzene rings is 1. The van der Waals surface area contributed by atoms with E-state index in [0.717, 1.165) is 6.08 Å². The smallest absolute Gasteiger partial charge is 0.332 e. The van der Waals surface area contributed by atoms with E-state index in [1.807, 2.05) is 0 Å². The Labute approximate surface area is 226 Å². The highest BCUT2D eigenvalue weighted by Crippen LogP contribution is 2.42. The summed E-state index contributed by atoms with van der Waals surface area (Å²) in [4.78, 5) is 24.0. The average Bonchev–Trinajstić information content (AvgIpc) is 2.86. The summed E-state index contributed by atoms with van der Waals surface area (Å²) in [6.07, 6.45) is -4.73. The first-order chi connectivity index (χ1) is 18.3. The van der Waals surface area contributed by atoms with E-state index in [1.165, 1.54) is 32.4 Å². The predicted molar refractivity (Wildman–Crippen MR) is 136 cm³/mol. The molecule has 3 rings (SSSR count). The molecule has 216 valence electrons. The van der Waals surface area contributed by atoms with Crippen LogP contribution in [-0.4, -0.2) is 95.1 Å². The summed E-state index contributed by atoms with van der Waals surface area (Å²) in [5.41, 5.74) is 0.717. The third-order valence-electron chi connectivity index (χ3n) is 6.89. The lowest BCUT2D eigenvalue weighted by Crippen LogP contribution is -2.60. The van der Waals surface area contributed by atoms with Gasteiger partial charge < -0.3 is 49.2 Å². The van der Waals surface area contributed by atoms with E-state index >= 15 is 0 Å². The molecule has 39 heavy (non-hydrogen) atoms. The van der Waals surface area contributed by atoms with Crippen LogP contribution in [0.2, 0.25) is 0 Å². The number of carboxylic acid groups (broad SMARTS) is 1. The number of phenolic OH excluding ortho intramolecular Hbond substituents is 1. The molecule has 0 spiro atoms. The molecule has 0 radical (unpaired) electrons. The Hall–Kier alpha value is -3.16. The van der Waals surface area contributed by atoms with Gasteiger partial charge in [0.2, 0.25) is 5.75 Å². The third kappa shape index (κ3) is 6.89. The number of aliphatic hydroxyl groups excluding tert-OH is 3. The molecule has 0 aromatic heterocycles. The van der Waals surface area contributed by atoms with Crippen LogP contribution < -0.4 is 9.47 Å². The zero-order valence-electron chi connectivity index (χ0n) is 22.5. The lowest BCUT2D eigenvalue weighted by Gasteiger charge is -2.43. The number of esters is 1. The quantitative estimate of drug-likeness (QED) is 0.220. The number of aliphatic carboxylic acids is 1. The van der Waals surface area contributed by atoms with Crippen LogP contribution in [0.3, 0.4) is 0 Å². The molecule has 1 aromatic rings. The summed E-state index contributed by atoms with van der Waals surface area (Å²) in [6, 6.07) is 2.97. The number of hydrogen-bond acceptors (Lipinski definition) is 11. The van der Waals surface area contributed by atoms with Crippen LogP contribution in [0.4, 0.5) is 0 Å². The number of methoxy groups -OCH3 is 2. The number of ether oxygens (including phenoxy) is 5. The monoisotopic (exact) mass is 552 g/mol. The van der Waals surface area contributed by atoms with E-state index in [9.17, 15) is 35.1 Å². The maximum absolute atomic E-state index is 12.3. The fourth-order valence-electron chi connectivity index (χ4n) is 5.08. The van der Waals surface area contributed by atoms with Gasteiger partial charge in [0.25, 0.3) is 0 Å². The van der Waals surface area contributed by atoms with Gasteiger partial charge in [0.15, 0.2) is 17.8 Å². The molecule has 0 bridgehead atoms. The molecule has 6 atom stereocenters. The summed E-state index contributed by atoms with van der Waals surface area (Å²) >= 11 is 0. The second-order valence-electron chi connectivity index (χ2n) is 10.3. The number of carboxylic acids is 1. The minimum Gasteiger partial charge on any atom is -0.502 e. The van der Waals surface area contributed by atoms with Crippen molar-refractivity contribution in [3.05, 3.63) is 34.9 Å². The topological polar surface area (TPSA) is 181 Å². The van der Waals surface area contributed by atoms with Gasteiger partial charge in [-0.25, -0.2) is 9.59 Å². The minimum absolute atomic E-state index is 0.144. The molecule has 0 saturated carbocycles. The molecule has 1 aliphatic carbocycles. The summed E-state index contributed by atoms with van der Waals surface area (Å²) in [5.74, 6) is -1.68. The Morgan fingerprint density at radius 2 is 1.69 bits per heavy atom. The number of aliphatic hydroxyl groups is 3. The Bertz CT molecular complexity index is 1100. The normalized spacial score (nSPS) is 28.8. The van der Waals surface area contributed by atoms with Crippen molar-refractivity contribution in [1.82, 2.24) is 0 Å². The standard InChI is InChI=1S/C27H36O12/c1-13-8-15(11-27(2,3)20(13)25(33)34)38-26-24(32)23(31)22(30)18(39-26)12-37-19(28)7-6-14-9-16(35-4)21(29)17(10-14)36-5/h6-7,9-10,15,18,22-24,26,29-32H,8,11-12H2,1-5H3,(H,33,34)/t15-,18-,22-,23+,24-,26+/m1/s1. The second-order valence-corrected chi connectivity index (χ2v) is 10.3. The highest BCUT2D eigenvalue weighted by Gasteiger charge is 2.47. The first kappa shape index (κ1) is 30.4. The van der Waals surface area contributed by atoms with E-state index in [2.05, 4.69) is 0 Å². The molecule has 0 amide bonds. The van der Waals surface area contributed by atoms with Gasteiger partial charge in [-0.2, -0.15) is 0 Å². The lowest BCUT2D eigenvalue weighted by molar-refractivity contribution is -0.313. The number of carbonyl (C=O) groups is 2. The molecule has 12 heteroatoms. The molecule has 1 saturated heterocycles. The van der Waals surface area contributed by atoms with E-state index < -0.39 is 60.8 Å². The Morgan fingerprint density at radius 3 is 2.23 bits per heavy atom. The SMILES string of the molecule is COc1cc(C=CC(=O)OC[C@H]2O[C@H](O[C@@H]3CC(C)=C(C(=O)O)C(C)(C)C3)[C@H](O)[C@@H](O)[C@@H]2O)cc(OC)c1O.